The van der Waals surface area contributed by atoms with Crippen LogP contribution in [-0.4, -0.2) is 50.2 Å². The van der Waals surface area contributed by atoms with Crippen molar-refractivity contribution in [3.8, 4) is 0 Å². The number of aliphatic carboxylic acids is 1. The predicted molar refractivity (Wildman–Crippen MR) is 89.5 cm³/mol. The van der Waals surface area contributed by atoms with E-state index < -0.39 is 42.1 Å². The van der Waals surface area contributed by atoms with Crippen molar-refractivity contribution >= 4 is 5.97 Å². The van der Waals surface area contributed by atoms with Gasteiger partial charge in [-0.1, -0.05) is 12.1 Å². The summed E-state index contributed by atoms with van der Waals surface area (Å²) in [5, 5.41) is 29.8. The quantitative estimate of drug-likeness (QED) is 0.706. The summed E-state index contributed by atoms with van der Waals surface area (Å²) < 4.78 is 44.2. The van der Waals surface area contributed by atoms with Gasteiger partial charge in [0.2, 0.25) is 0 Å². The summed E-state index contributed by atoms with van der Waals surface area (Å²) in [4.78, 5) is 15.8. The zero-order valence-corrected chi connectivity index (χ0v) is 14.8. The van der Waals surface area contributed by atoms with Crippen LogP contribution in [0.2, 0.25) is 0 Å². The van der Waals surface area contributed by atoms with Gasteiger partial charge in [-0.05, 0) is 30.5 Å². The van der Waals surface area contributed by atoms with E-state index in [1.54, 1.807) is 0 Å². The summed E-state index contributed by atoms with van der Waals surface area (Å²) in [6.07, 6.45) is -6.28. The summed E-state index contributed by atoms with van der Waals surface area (Å²) in [7, 11) is 1.24. The Labute approximate surface area is 158 Å². The Morgan fingerprint density at radius 2 is 1.86 bits per heavy atom. The summed E-state index contributed by atoms with van der Waals surface area (Å²) in [6.45, 7) is 0. The number of methoxy groups -OCH3 is 1. The maximum atomic E-state index is 12.6. The third kappa shape index (κ3) is 3.75. The highest BCUT2D eigenvalue weighted by Gasteiger charge is 2.46. The molecule has 4 atom stereocenters. The fourth-order valence-electron chi connectivity index (χ4n) is 3.36. The smallest absolute Gasteiger partial charge is 0.416 e. The Morgan fingerprint density at radius 3 is 2.39 bits per heavy atom. The zero-order valence-electron chi connectivity index (χ0n) is 14.8. The standard InChI is InChI=1S/C18H19F3N2O5/c1-28-15-12(17(26)27)23-8-11(22-16(23)14(25)13(15)24)7-4-9-2-5-10(6-3-9)18(19,20)21/h2-3,5-6,8,12-15,24-25H,4,7H2,1H3,(H,26,27)/t12-,13-,14+,15+/m0/s1. The molecule has 2 aromatic rings. The van der Waals surface area contributed by atoms with Crippen LogP contribution in [0.4, 0.5) is 13.2 Å². The van der Waals surface area contributed by atoms with Crippen molar-refractivity contribution in [3.05, 3.63) is 53.1 Å². The van der Waals surface area contributed by atoms with Gasteiger partial charge < -0.3 is 24.6 Å². The Bertz CT molecular complexity index is 850. The predicted octanol–water partition coefficient (Wildman–Crippen LogP) is 1.74. The van der Waals surface area contributed by atoms with Crippen LogP contribution in [0.3, 0.4) is 0 Å². The number of aliphatic hydroxyl groups excluding tert-OH is 2. The Morgan fingerprint density at radius 1 is 1.21 bits per heavy atom. The molecule has 0 saturated carbocycles. The van der Waals surface area contributed by atoms with Crippen LogP contribution < -0.4 is 0 Å². The average Bonchev–Trinajstić information content (AvgIpc) is 3.06. The van der Waals surface area contributed by atoms with E-state index >= 15 is 0 Å². The van der Waals surface area contributed by atoms with Gasteiger partial charge in [0.25, 0.3) is 0 Å². The molecule has 2 heterocycles. The number of alkyl halides is 3. The second-order valence-corrected chi connectivity index (χ2v) is 6.61. The van der Waals surface area contributed by atoms with Gasteiger partial charge in [-0.15, -0.1) is 0 Å². The molecular formula is C18H19F3N2O5. The van der Waals surface area contributed by atoms with Gasteiger partial charge in [0, 0.05) is 13.3 Å². The molecule has 0 amide bonds. The van der Waals surface area contributed by atoms with Crippen molar-refractivity contribution in [1.29, 1.82) is 0 Å². The minimum absolute atomic E-state index is 0.00983. The first-order valence-electron chi connectivity index (χ1n) is 8.49. The number of nitrogens with zero attached hydrogens (tertiary/aromatic N) is 2. The number of aryl methyl sites for hydroxylation is 2. The number of rotatable bonds is 5. The number of carbonyl (C=O) groups is 1. The molecule has 1 aliphatic rings. The number of imidazole rings is 1. The largest absolute Gasteiger partial charge is 0.480 e. The monoisotopic (exact) mass is 400 g/mol. The highest BCUT2D eigenvalue weighted by atomic mass is 19.4. The third-order valence-corrected chi connectivity index (χ3v) is 4.82. The topological polar surface area (TPSA) is 105 Å². The van der Waals surface area contributed by atoms with Crippen molar-refractivity contribution in [2.24, 2.45) is 0 Å². The first-order chi connectivity index (χ1) is 13.1. The van der Waals surface area contributed by atoms with E-state index in [4.69, 9.17) is 4.74 Å². The molecule has 3 N–H and O–H groups in total. The van der Waals surface area contributed by atoms with Gasteiger partial charge in [-0.2, -0.15) is 13.2 Å². The van der Waals surface area contributed by atoms with E-state index in [-0.39, 0.29) is 5.82 Å². The Balaban J connectivity index is 1.80. The van der Waals surface area contributed by atoms with Crippen molar-refractivity contribution in [2.45, 2.75) is 43.4 Å². The number of hydrogen-bond donors (Lipinski definition) is 3. The number of aromatic nitrogens is 2. The van der Waals surface area contributed by atoms with E-state index in [2.05, 4.69) is 4.98 Å². The first-order valence-corrected chi connectivity index (χ1v) is 8.49. The molecular weight excluding hydrogens is 381 g/mol. The lowest BCUT2D eigenvalue weighted by Gasteiger charge is -2.36. The molecule has 0 unspecified atom stereocenters. The Kier molecular flexibility index (Phi) is 5.46. The van der Waals surface area contributed by atoms with Crippen LogP contribution in [0.5, 0.6) is 0 Å². The van der Waals surface area contributed by atoms with Gasteiger partial charge in [0.15, 0.2) is 6.04 Å². The fraction of sp³-hybridized carbons (Fsp3) is 0.444. The summed E-state index contributed by atoms with van der Waals surface area (Å²) in [5.74, 6) is -1.23. The third-order valence-electron chi connectivity index (χ3n) is 4.82. The van der Waals surface area contributed by atoms with Crippen LogP contribution in [0.25, 0.3) is 0 Å². The van der Waals surface area contributed by atoms with E-state index in [1.165, 1.54) is 30.0 Å². The number of fused-ring (bicyclic) bond motifs is 1. The molecule has 0 spiro atoms. The molecule has 152 valence electrons. The molecule has 7 nitrogen and oxygen atoms in total. The molecule has 10 heteroatoms. The highest BCUT2D eigenvalue weighted by molar-refractivity contribution is 5.73. The van der Waals surface area contributed by atoms with E-state index in [1.807, 2.05) is 0 Å². The van der Waals surface area contributed by atoms with Crippen LogP contribution in [-0.2, 0) is 28.5 Å². The van der Waals surface area contributed by atoms with Gasteiger partial charge in [-0.25, -0.2) is 9.78 Å². The van der Waals surface area contributed by atoms with Gasteiger partial charge in [0.05, 0.1) is 11.3 Å². The molecule has 1 aromatic carbocycles. The highest BCUT2D eigenvalue weighted by Crippen LogP contribution is 2.34. The Hall–Kier alpha value is -2.43. The summed E-state index contributed by atoms with van der Waals surface area (Å²) >= 11 is 0. The summed E-state index contributed by atoms with van der Waals surface area (Å²) in [5.41, 5.74) is 0.369. The molecule has 1 aromatic heterocycles. The molecule has 0 bridgehead atoms. The number of carboxylic acid groups (broad SMARTS) is 1. The fourth-order valence-corrected chi connectivity index (χ4v) is 3.36. The lowest BCUT2D eigenvalue weighted by Crippen LogP contribution is -2.48. The molecule has 0 aliphatic carbocycles. The number of halogens is 3. The maximum absolute atomic E-state index is 12.6. The number of carboxylic acids is 1. The molecule has 1 aliphatic heterocycles. The normalized spacial score (nSPS) is 24.8. The number of hydrogen-bond acceptors (Lipinski definition) is 5. The maximum Gasteiger partial charge on any atom is 0.416 e. The number of aliphatic hydroxyl groups is 2. The molecule has 0 radical (unpaired) electrons. The van der Waals surface area contributed by atoms with Crippen LogP contribution >= 0.6 is 0 Å². The van der Waals surface area contributed by atoms with Crippen LogP contribution in [0.1, 0.15) is 34.8 Å². The molecule has 3 rings (SSSR count). The number of ether oxygens (including phenoxy) is 1. The second kappa shape index (κ2) is 7.53. The van der Waals surface area contributed by atoms with E-state index in [0.717, 1.165) is 12.1 Å². The molecule has 0 fully saturated rings. The zero-order chi connectivity index (χ0) is 20.6. The van der Waals surface area contributed by atoms with Crippen LogP contribution in [0, 0.1) is 0 Å². The summed E-state index contributed by atoms with van der Waals surface area (Å²) in [6, 6.07) is 3.48. The van der Waals surface area contributed by atoms with Gasteiger partial charge >= 0.3 is 12.1 Å². The van der Waals surface area contributed by atoms with Crippen molar-refractivity contribution in [1.82, 2.24) is 9.55 Å². The second-order valence-electron chi connectivity index (χ2n) is 6.61. The SMILES string of the molecule is CO[C@H]1[C@@H](O)[C@@H](O)c2nc(CCc3ccc(C(F)(F)F)cc3)cn2[C@@H]1C(=O)O. The van der Waals surface area contributed by atoms with Crippen molar-refractivity contribution in [3.63, 3.8) is 0 Å². The lowest BCUT2D eigenvalue weighted by molar-refractivity contribution is -0.160. The first kappa shape index (κ1) is 20.3. The number of benzene rings is 1. The minimum Gasteiger partial charge on any atom is -0.480 e. The van der Waals surface area contributed by atoms with Crippen molar-refractivity contribution in [2.75, 3.05) is 7.11 Å². The molecule has 28 heavy (non-hydrogen) atoms. The van der Waals surface area contributed by atoms with Gasteiger partial charge in [0.1, 0.15) is 24.1 Å². The van der Waals surface area contributed by atoms with E-state index in [9.17, 15) is 33.3 Å². The van der Waals surface area contributed by atoms with Crippen LogP contribution in [0.15, 0.2) is 30.5 Å². The van der Waals surface area contributed by atoms with Crippen molar-refractivity contribution < 1.29 is 38.0 Å². The minimum atomic E-state index is -4.40. The molecule has 0 saturated heterocycles. The van der Waals surface area contributed by atoms with Gasteiger partial charge in [-0.3, -0.25) is 0 Å². The lowest BCUT2D eigenvalue weighted by atomic mass is 9.95. The average molecular weight is 400 g/mol. The van der Waals surface area contributed by atoms with E-state index in [0.29, 0.717) is 24.1 Å².